The average molecular weight is 311 g/mol. The number of aryl methyl sites for hydroxylation is 1. The predicted molar refractivity (Wildman–Crippen MR) is 87.1 cm³/mol. The molecule has 0 unspecified atom stereocenters. The van der Waals surface area contributed by atoms with Gasteiger partial charge < -0.3 is 11.1 Å². The van der Waals surface area contributed by atoms with Gasteiger partial charge in [0.05, 0.1) is 21.1 Å². The Balaban J connectivity index is 2.22. The molecule has 1 aromatic rings. The largest absolute Gasteiger partial charge is 0.392 e. The number of benzene rings is 1. The van der Waals surface area contributed by atoms with Crippen LogP contribution in [0.1, 0.15) is 37.7 Å². The lowest BCUT2D eigenvalue weighted by Crippen LogP contribution is -2.47. The first-order valence-corrected chi connectivity index (χ1v) is 7.62. The summed E-state index contributed by atoms with van der Waals surface area (Å²) >= 11 is 11.3. The van der Waals surface area contributed by atoms with Crippen LogP contribution in [0.15, 0.2) is 18.2 Å². The molecule has 0 aliphatic heterocycles. The monoisotopic (exact) mass is 310 g/mol. The first-order chi connectivity index (χ1) is 9.45. The third kappa shape index (κ3) is 2.96. The zero-order valence-electron chi connectivity index (χ0n) is 11.5. The van der Waals surface area contributed by atoms with Gasteiger partial charge in [-0.2, -0.15) is 0 Å². The Morgan fingerprint density at radius 1 is 1.35 bits per heavy atom. The second kappa shape index (κ2) is 6.10. The minimum atomic E-state index is -0.720. The van der Waals surface area contributed by atoms with Crippen molar-refractivity contribution in [2.24, 2.45) is 11.1 Å². The molecule has 2 rings (SSSR count). The molecule has 0 aromatic heterocycles. The van der Waals surface area contributed by atoms with E-state index < -0.39 is 5.41 Å². The van der Waals surface area contributed by atoms with E-state index in [-0.39, 0.29) is 10.9 Å². The molecule has 0 atom stereocenters. The summed E-state index contributed by atoms with van der Waals surface area (Å²) in [6.45, 7) is 1.95. The summed E-state index contributed by atoms with van der Waals surface area (Å²) in [7, 11) is 0. The molecule has 1 saturated carbocycles. The number of nitrogens with one attached hydrogen (secondary N) is 1. The van der Waals surface area contributed by atoms with Crippen LogP contribution >= 0.6 is 23.8 Å². The molecular weight excluding hydrogens is 292 g/mol. The van der Waals surface area contributed by atoms with E-state index >= 15 is 0 Å². The molecule has 1 aliphatic carbocycles. The standard InChI is InChI=1S/C15H19ClN2OS/c1-10-5-6-12(11(16)9-10)18-14(19)15(13(17)20)7-3-2-4-8-15/h5-6,9H,2-4,7-8H2,1H3,(H2,17,20)(H,18,19). The van der Waals surface area contributed by atoms with Gasteiger partial charge in [-0.15, -0.1) is 0 Å². The third-order valence-electron chi connectivity index (χ3n) is 3.99. The number of thiocarbonyl (C=S) groups is 1. The van der Waals surface area contributed by atoms with Crippen LogP contribution in [0.25, 0.3) is 0 Å². The molecule has 0 spiro atoms. The van der Waals surface area contributed by atoms with Crippen molar-refractivity contribution in [1.29, 1.82) is 0 Å². The SMILES string of the molecule is Cc1ccc(NC(=O)C2(C(N)=S)CCCCC2)c(Cl)c1. The Kier molecular flexibility index (Phi) is 4.66. The van der Waals surface area contributed by atoms with Crippen LogP contribution in [0.2, 0.25) is 5.02 Å². The highest BCUT2D eigenvalue weighted by Gasteiger charge is 2.42. The minimum absolute atomic E-state index is 0.129. The first kappa shape index (κ1) is 15.3. The first-order valence-electron chi connectivity index (χ1n) is 6.83. The third-order valence-corrected chi connectivity index (χ3v) is 4.69. The van der Waals surface area contributed by atoms with Crippen LogP contribution in [0.5, 0.6) is 0 Å². The van der Waals surface area contributed by atoms with Gasteiger partial charge >= 0.3 is 0 Å². The van der Waals surface area contributed by atoms with Gasteiger partial charge in [-0.3, -0.25) is 4.79 Å². The van der Waals surface area contributed by atoms with Gasteiger partial charge in [-0.05, 0) is 37.5 Å². The van der Waals surface area contributed by atoms with Gasteiger partial charge in [-0.25, -0.2) is 0 Å². The van der Waals surface area contributed by atoms with Gasteiger partial charge in [0.2, 0.25) is 5.91 Å². The van der Waals surface area contributed by atoms with Crippen LogP contribution in [0.3, 0.4) is 0 Å². The molecule has 3 N–H and O–H groups in total. The fourth-order valence-electron chi connectivity index (χ4n) is 2.70. The second-order valence-corrected chi connectivity index (χ2v) is 6.29. The Labute approximate surface area is 129 Å². The van der Waals surface area contributed by atoms with Crippen LogP contribution < -0.4 is 11.1 Å². The summed E-state index contributed by atoms with van der Waals surface area (Å²) in [4.78, 5) is 12.9. The van der Waals surface area contributed by atoms with E-state index in [0.29, 0.717) is 10.7 Å². The number of amides is 1. The highest BCUT2D eigenvalue weighted by molar-refractivity contribution is 7.80. The molecule has 1 fully saturated rings. The summed E-state index contributed by atoms with van der Waals surface area (Å²) in [5.74, 6) is -0.129. The van der Waals surface area contributed by atoms with Gasteiger partial charge in [0.15, 0.2) is 0 Å². The molecule has 0 saturated heterocycles. The maximum atomic E-state index is 12.6. The lowest BCUT2D eigenvalue weighted by Gasteiger charge is -2.34. The molecule has 0 bridgehead atoms. The summed E-state index contributed by atoms with van der Waals surface area (Å²) in [6.07, 6.45) is 4.52. The fraction of sp³-hybridized carbons (Fsp3) is 0.467. The molecule has 0 radical (unpaired) electrons. The summed E-state index contributed by atoms with van der Waals surface area (Å²) < 4.78 is 0. The average Bonchev–Trinajstić information content (AvgIpc) is 2.42. The highest BCUT2D eigenvalue weighted by Crippen LogP contribution is 2.38. The molecule has 3 nitrogen and oxygen atoms in total. The molecule has 1 amide bonds. The lowest BCUT2D eigenvalue weighted by atomic mass is 9.73. The molecule has 1 aromatic carbocycles. The van der Waals surface area contributed by atoms with Crippen LogP contribution in [-0.2, 0) is 4.79 Å². The van der Waals surface area contributed by atoms with Crippen molar-refractivity contribution >= 4 is 40.4 Å². The van der Waals surface area contributed by atoms with Crippen LogP contribution in [-0.4, -0.2) is 10.9 Å². The number of halogens is 1. The minimum Gasteiger partial charge on any atom is -0.392 e. The molecule has 5 heteroatoms. The van der Waals surface area contributed by atoms with Crippen molar-refractivity contribution < 1.29 is 4.79 Å². The maximum absolute atomic E-state index is 12.6. The fourth-order valence-corrected chi connectivity index (χ4v) is 3.28. The lowest BCUT2D eigenvalue weighted by molar-refractivity contribution is -0.123. The number of rotatable bonds is 3. The van der Waals surface area contributed by atoms with Gasteiger partial charge in [0.25, 0.3) is 0 Å². The van der Waals surface area contributed by atoms with E-state index in [1.165, 1.54) is 0 Å². The Hall–Kier alpha value is -1.13. The number of hydrogen-bond acceptors (Lipinski definition) is 2. The summed E-state index contributed by atoms with van der Waals surface area (Å²) in [5, 5.41) is 3.43. The van der Waals surface area contributed by atoms with Crippen LogP contribution in [0, 0.1) is 12.3 Å². The number of carbonyl (C=O) groups excluding carboxylic acids is 1. The van der Waals surface area contributed by atoms with Crippen molar-refractivity contribution in [1.82, 2.24) is 0 Å². The van der Waals surface area contributed by atoms with E-state index in [9.17, 15) is 4.79 Å². The molecular formula is C15H19ClN2OS. The summed E-state index contributed by atoms with van der Waals surface area (Å²) in [6, 6.07) is 5.55. The second-order valence-electron chi connectivity index (χ2n) is 5.44. The molecule has 1 aliphatic rings. The van der Waals surface area contributed by atoms with Crippen molar-refractivity contribution in [2.45, 2.75) is 39.0 Å². The highest BCUT2D eigenvalue weighted by atomic mass is 35.5. The van der Waals surface area contributed by atoms with E-state index in [1.54, 1.807) is 0 Å². The van der Waals surface area contributed by atoms with E-state index in [4.69, 9.17) is 29.6 Å². The molecule has 108 valence electrons. The number of hydrogen-bond donors (Lipinski definition) is 2. The van der Waals surface area contributed by atoms with E-state index in [2.05, 4.69) is 5.32 Å². The normalized spacial score (nSPS) is 17.5. The molecule has 20 heavy (non-hydrogen) atoms. The van der Waals surface area contributed by atoms with Crippen molar-refractivity contribution in [3.63, 3.8) is 0 Å². The zero-order valence-corrected chi connectivity index (χ0v) is 13.1. The summed E-state index contributed by atoms with van der Waals surface area (Å²) in [5.41, 5.74) is 6.80. The Morgan fingerprint density at radius 3 is 2.55 bits per heavy atom. The number of anilines is 1. The topological polar surface area (TPSA) is 55.1 Å². The van der Waals surface area contributed by atoms with Crippen molar-refractivity contribution in [3.05, 3.63) is 28.8 Å². The Bertz CT molecular complexity index is 539. The predicted octanol–water partition coefficient (Wildman–Crippen LogP) is 3.82. The smallest absolute Gasteiger partial charge is 0.237 e. The van der Waals surface area contributed by atoms with Gasteiger partial charge in [0, 0.05) is 0 Å². The van der Waals surface area contributed by atoms with Crippen LogP contribution in [0.4, 0.5) is 5.69 Å². The van der Waals surface area contributed by atoms with E-state index in [1.807, 2.05) is 25.1 Å². The van der Waals surface area contributed by atoms with Crippen molar-refractivity contribution in [2.75, 3.05) is 5.32 Å². The number of nitrogens with two attached hydrogens (primary N) is 1. The van der Waals surface area contributed by atoms with Crippen molar-refractivity contribution in [3.8, 4) is 0 Å². The Morgan fingerprint density at radius 2 is 2.00 bits per heavy atom. The number of carbonyl (C=O) groups is 1. The maximum Gasteiger partial charge on any atom is 0.237 e. The van der Waals surface area contributed by atoms with E-state index in [0.717, 1.165) is 37.7 Å². The quantitative estimate of drug-likeness (QED) is 0.834. The van der Waals surface area contributed by atoms with Gasteiger partial charge in [-0.1, -0.05) is 49.1 Å². The molecule has 0 heterocycles. The van der Waals surface area contributed by atoms with Gasteiger partial charge in [0.1, 0.15) is 0 Å². The zero-order chi connectivity index (χ0) is 14.8.